The van der Waals surface area contributed by atoms with Gasteiger partial charge in [-0.25, -0.2) is 0 Å². The topological polar surface area (TPSA) is 29.5 Å². The Bertz CT molecular complexity index is 582. The third-order valence-electron chi connectivity index (χ3n) is 9.51. The summed E-state index contributed by atoms with van der Waals surface area (Å²) in [5, 5.41) is 8.91. The molecule has 35 heavy (non-hydrogen) atoms. The first-order chi connectivity index (χ1) is 17.3. The summed E-state index contributed by atoms with van der Waals surface area (Å²) in [6, 6.07) is 0. The van der Waals surface area contributed by atoms with Crippen molar-refractivity contribution in [3.63, 3.8) is 0 Å². The average Bonchev–Trinajstić information content (AvgIpc) is 2.89. The molecule has 0 aliphatic heterocycles. The summed E-state index contributed by atoms with van der Waals surface area (Å²) in [5.41, 5.74) is 0. The molecule has 0 bridgehead atoms. The van der Waals surface area contributed by atoms with Crippen molar-refractivity contribution in [2.24, 2.45) is 29.6 Å². The standard InChI is InChI=1S/C33H58O2/c1-2-3-4-5-9-12-25-35-33-22-18-28(19-23-33)14-15-30-17-21-31-26-29(16-20-32(31)27-30)13-10-7-6-8-11-24-34/h28-34H,2-13,16-27H2,1H3. The highest BCUT2D eigenvalue weighted by atomic mass is 16.5. The Labute approximate surface area is 218 Å². The van der Waals surface area contributed by atoms with E-state index in [0.29, 0.717) is 24.5 Å². The zero-order valence-electron chi connectivity index (χ0n) is 23.3. The fourth-order valence-corrected chi connectivity index (χ4v) is 7.20. The number of hydrogen-bond acceptors (Lipinski definition) is 2. The van der Waals surface area contributed by atoms with Gasteiger partial charge in [-0.3, -0.25) is 0 Å². The summed E-state index contributed by atoms with van der Waals surface area (Å²) >= 11 is 0. The second kappa shape index (κ2) is 17.9. The van der Waals surface area contributed by atoms with E-state index < -0.39 is 0 Å². The van der Waals surface area contributed by atoms with E-state index in [1.54, 1.807) is 0 Å². The van der Waals surface area contributed by atoms with Crippen molar-refractivity contribution in [3.05, 3.63) is 0 Å². The van der Waals surface area contributed by atoms with Crippen LogP contribution >= 0.6 is 0 Å². The summed E-state index contributed by atoms with van der Waals surface area (Å²) in [4.78, 5) is 0. The van der Waals surface area contributed by atoms with E-state index in [9.17, 15) is 0 Å². The van der Waals surface area contributed by atoms with Crippen LogP contribution in [-0.2, 0) is 4.74 Å². The highest BCUT2D eigenvalue weighted by Gasteiger charge is 2.35. The number of unbranched alkanes of at least 4 members (excludes halogenated alkanes) is 9. The smallest absolute Gasteiger partial charge is 0.0576 e. The monoisotopic (exact) mass is 486 g/mol. The van der Waals surface area contributed by atoms with Gasteiger partial charge in [-0.05, 0) is 88.4 Å². The molecule has 3 saturated carbocycles. The molecule has 0 spiro atoms. The van der Waals surface area contributed by atoms with E-state index in [-0.39, 0.29) is 0 Å². The van der Waals surface area contributed by atoms with E-state index in [0.717, 1.165) is 30.8 Å². The van der Waals surface area contributed by atoms with Crippen LogP contribution in [0.1, 0.15) is 148 Å². The molecular weight excluding hydrogens is 428 g/mol. The van der Waals surface area contributed by atoms with Crippen LogP contribution in [0.5, 0.6) is 0 Å². The molecule has 3 aliphatic carbocycles. The van der Waals surface area contributed by atoms with Crippen molar-refractivity contribution in [1.29, 1.82) is 0 Å². The van der Waals surface area contributed by atoms with Gasteiger partial charge in [-0.1, -0.05) is 89.4 Å². The van der Waals surface area contributed by atoms with Gasteiger partial charge in [-0.2, -0.15) is 0 Å². The summed E-state index contributed by atoms with van der Waals surface area (Å²) in [7, 11) is 0. The fraction of sp³-hybridized carbons (Fsp3) is 0.939. The molecule has 0 heterocycles. The maximum atomic E-state index is 8.91. The Morgan fingerprint density at radius 3 is 2.06 bits per heavy atom. The van der Waals surface area contributed by atoms with Crippen LogP contribution in [-0.4, -0.2) is 24.4 Å². The predicted octanol–water partition coefficient (Wildman–Crippen LogP) is 9.09. The lowest BCUT2D eigenvalue weighted by molar-refractivity contribution is 0.0209. The lowest BCUT2D eigenvalue weighted by atomic mass is 9.64. The van der Waals surface area contributed by atoms with E-state index >= 15 is 0 Å². The van der Waals surface area contributed by atoms with Crippen LogP contribution in [0.3, 0.4) is 0 Å². The maximum absolute atomic E-state index is 8.91. The Hall–Kier alpha value is -0.520. The minimum Gasteiger partial charge on any atom is -0.396 e. The molecule has 202 valence electrons. The highest BCUT2D eigenvalue weighted by Crippen LogP contribution is 2.45. The molecule has 3 fully saturated rings. The Morgan fingerprint density at radius 1 is 0.629 bits per heavy atom. The van der Waals surface area contributed by atoms with Crippen molar-refractivity contribution in [3.8, 4) is 11.8 Å². The van der Waals surface area contributed by atoms with Crippen molar-refractivity contribution < 1.29 is 9.84 Å². The number of fused-ring (bicyclic) bond motifs is 1. The lowest BCUT2D eigenvalue weighted by Gasteiger charge is -2.41. The van der Waals surface area contributed by atoms with Gasteiger partial charge in [0.15, 0.2) is 0 Å². The summed E-state index contributed by atoms with van der Waals surface area (Å²) in [6.07, 6.45) is 30.0. The van der Waals surface area contributed by atoms with Crippen LogP contribution in [0, 0.1) is 41.4 Å². The number of rotatable bonds is 15. The molecule has 0 radical (unpaired) electrons. The highest BCUT2D eigenvalue weighted by molar-refractivity contribution is 5.10. The molecule has 0 aromatic rings. The normalized spacial score (nSPS) is 30.9. The molecule has 3 aliphatic rings. The second-order valence-corrected chi connectivity index (χ2v) is 12.4. The predicted molar refractivity (Wildman–Crippen MR) is 149 cm³/mol. The van der Waals surface area contributed by atoms with Crippen LogP contribution in [0.2, 0.25) is 0 Å². The molecule has 3 rings (SSSR count). The molecule has 0 aromatic heterocycles. The molecule has 1 N–H and O–H groups in total. The van der Waals surface area contributed by atoms with Crippen molar-refractivity contribution in [2.75, 3.05) is 13.2 Å². The zero-order chi connectivity index (χ0) is 24.6. The first-order valence-corrected chi connectivity index (χ1v) is 16.0. The van der Waals surface area contributed by atoms with Crippen molar-refractivity contribution in [2.45, 2.75) is 154 Å². The minimum atomic E-state index is 0.368. The molecule has 0 aromatic carbocycles. The van der Waals surface area contributed by atoms with Gasteiger partial charge in [0.2, 0.25) is 0 Å². The van der Waals surface area contributed by atoms with E-state index in [2.05, 4.69) is 18.8 Å². The second-order valence-electron chi connectivity index (χ2n) is 12.4. The first kappa shape index (κ1) is 29.0. The number of aliphatic hydroxyl groups excluding tert-OH is 1. The largest absolute Gasteiger partial charge is 0.396 e. The van der Waals surface area contributed by atoms with Gasteiger partial charge in [0.1, 0.15) is 0 Å². The SMILES string of the molecule is CCCCCCCCOC1CCC(C#CC2CCC3CC(CCCCCCCO)CCC3C2)CC1. The molecule has 2 nitrogen and oxygen atoms in total. The van der Waals surface area contributed by atoms with Gasteiger partial charge in [-0.15, -0.1) is 0 Å². The van der Waals surface area contributed by atoms with Gasteiger partial charge >= 0.3 is 0 Å². The summed E-state index contributed by atoms with van der Waals surface area (Å²) < 4.78 is 6.19. The van der Waals surface area contributed by atoms with E-state index in [1.165, 1.54) is 135 Å². The average molecular weight is 487 g/mol. The van der Waals surface area contributed by atoms with Gasteiger partial charge in [0.25, 0.3) is 0 Å². The molecule has 0 saturated heterocycles. The Morgan fingerprint density at radius 2 is 1.26 bits per heavy atom. The molecule has 4 unspecified atom stereocenters. The van der Waals surface area contributed by atoms with E-state index in [1.807, 2.05) is 0 Å². The third kappa shape index (κ3) is 11.6. The van der Waals surface area contributed by atoms with Gasteiger partial charge < -0.3 is 9.84 Å². The first-order valence-electron chi connectivity index (χ1n) is 16.0. The molecule has 0 amide bonds. The zero-order valence-corrected chi connectivity index (χ0v) is 23.3. The fourth-order valence-electron chi connectivity index (χ4n) is 7.20. The quantitative estimate of drug-likeness (QED) is 0.185. The summed E-state index contributed by atoms with van der Waals surface area (Å²) in [6.45, 7) is 3.63. The van der Waals surface area contributed by atoms with Crippen LogP contribution in [0.4, 0.5) is 0 Å². The lowest BCUT2D eigenvalue weighted by Crippen LogP contribution is -2.30. The Balaban J connectivity index is 1.24. The Kier molecular flexibility index (Phi) is 14.8. The molecule has 4 atom stereocenters. The maximum Gasteiger partial charge on any atom is 0.0576 e. The van der Waals surface area contributed by atoms with Crippen LogP contribution < -0.4 is 0 Å². The minimum absolute atomic E-state index is 0.368. The van der Waals surface area contributed by atoms with E-state index in [4.69, 9.17) is 9.84 Å². The number of aliphatic hydroxyl groups is 1. The van der Waals surface area contributed by atoms with Crippen molar-refractivity contribution >= 4 is 0 Å². The number of hydrogen-bond donors (Lipinski definition) is 1. The van der Waals surface area contributed by atoms with Gasteiger partial charge in [0.05, 0.1) is 6.10 Å². The van der Waals surface area contributed by atoms with Gasteiger partial charge in [0, 0.05) is 25.0 Å². The molecule has 2 heteroatoms. The third-order valence-corrected chi connectivity index (χ3v) is 9.51. The molecular formula is C33H58O2. The van der Waals surface area contributed by atoms with Crippen LogP contribution in [0.25, 0.3) is 0 Å². The number of ether oxygens (including phenoxy) is 1. The van der Waals surface area contributed by atoms with Crippen molar-refractivity contribution in [1.82, 2.24) is 0 Å². The summed E-state index contributed by atoms with van der Waals surface area (Å²) in [5.74, 6) is 11.8. The van der Waals surface area contributed by atoms with Crippen LogP contribution in [0.15, 0.2) is 0 Å².